The van der Waals surface area contributed by atoms with Gasteiger partial charge in [-0.15, -0.1) is 0 Å². The zero-order valence-corrected chi connectivity index (χ0v) is 26.2. The number of fused-ring (bicyclic) bond motifs is 1. The molecule has 1 N–H and O–H groups in total. The number of ether oxygens (including phenoxy) is 1. The van der Waals surface area contributed by atoms with Crippen LogP contribution >= 0.6 is 0 Å². The molecule has 7 rings (SSSR count). The van der Waals surface area contributed by atoms with E-state index in [1.165, 1.54) is 12.1 Å². The SMILES string of the molecule is CNC(=O)c1c(-c2ccc(F)cc2)oc2ccc(-c3cc(C(=O)CC4(c5ccccn5)CC4)cc(OCc4ccccc4)c3C)cc12. The second kappa shape index (κ2) is 12.3. The summed E-state index contributed by atoms with van der Waals surface area (Å²) < 4.78 is 26.3. The van der Waals surface area contributed by atoms with Crippen LogP contribution in [0, 0.1) is 12.7 Å². The number of amides is 1. The van der Waals surface area contributed by atoms with Crippen LogP contribution in [0.2, 0.25) is 0 Å². The molecule has 0 saturated heterocycles. The van der Waals surface area contributed by atoms with Crippen molar-refractivity contribution in [3.63, 3.8) is 0 Å². The van der Waals surface area contributed by atoms with Crippen LogP contribution in [0.1, 0.15) is 56.8 Å². The van der Waals surface area contributed by atoms with Crippen molar-refractivity contribution in [1.29, 1.82) is 0 Å². The number of furan rings is 1. The molecule has 6 aromatic rings. The predicted octanol–water partition coefficient (Wildman–Crippen LogP) is 8.85. The molecule has 2 heterocycles. The van der Waals surface area contributed by atoms with Crippen LogP contribution in [0.15, 0.2) is 114 Å². The number of carbonyl (C=O) groups excluding carboxylic acids is 2. The highest BCUT2D eigenvalue weighted by atomic mass is 19.1. The van der Waals surface area contributed by atoms with Crippen LogP contribution < -0.4 is 10.1 Å². The Morgan fingerprint density at radius 1 is 0.915 bits per heavy atom. The first-order chi connectivity index (χ1) is 22.8. The van der Waals surface area contributed by atoms with Crippen LogP contribution in [0.5, 0.6) is 5.75 Å². The molecule has 1 saturated carbocycles. The Hall–Kier alpha value is -5.56. The third kappa shape index (κ3) is 5.92. The minimum absolute atomic E-state index is 0.0213. The number of pyridine rings is 1. The number of Topliss-reactive ketones (excluding diaryl/α,β-unsaturated/α-hetero) is 1. The molecule has 4 aromatic carbocycles. The molecule has 7 heteroatoms. The first-order valence-corrected chi connectivity index (χ1v) is 15.7. The lowest BCUT2D eigenvalue weighted by Crippen LogP contribution is -2.18. The maximum absolute atomic E-state index is 14.0. The number of benzene rings is 4. The largest absolute Gasteiger partial charge is 0.489 e. The summed E-state index contributed by atoms with van der Waals surface area (Å²) in [5.41, 5.74) is 6.22. The van der Waals surface area contributed by atoms with Gasteiger partial charge < -0.3 is 14.5 Å². The van der Waals surface area contributed by atoms with E-state index in [-0.39, 0.29) is 22.9 Å². The zero-order valence-electron chi connectivity index (χ0n) is 26.2. The Morgan fingerprint density at radius 3 is 2.36 bits per heavy atom. The maximum Gasteiger partial charge on any atom is 0.255 e. The lowest BCUT2D eigenvalue weighted by Gasteiger charge is -2.18. The lowest BCUT2D eigenvalue weighted by atomic mass is 9.89. The van der Waals surface area contributed by atoms with Gasteiger partial charge in [-0.1, -0.05) is 42.5 Å². The summed E-state index contributed by atoms with van der Waals surface area (Å²) in [5.74, 6) is 0.290. The number of nitrogens with one attached hydrogen (secondary N) is 1. The minimum Gasteiger partial charge on any atom is -0.489 e. The van der Waals surface area contributed by atoms with Gasteiger partial charge in [-0.3, -0.25) is 14.6 Å². The Labute approximate surface area is 272 Å². The fourth-order valence-corrected chi connectivity index (χ4v) is 6.21. The number of halogens is 1. The van der Waals surface area contributed by atoms with Crippen LogP contribution in [-0.4, -0.2) is 23.7 Å². The third-order valence-electron chi connectivity index (χ3n) is 9.04. The van der Waals surface area contributed by atoms with Crippen molar-refractivity contribution in [1.82, 2.24) is 10.3 Å². The highest BCUT2D eigenvalue weighted by Crippen LogP contribution is 2.51. The molecular weight excluding hydrogens is 591 g/mol. The molecule has 2 aromatic heterocycles. The number of hydrogen-bond acceptors (Lipinski definition) is 5. The van der Waals surface area contributed by atoms with Gasteiger partial charge in [-0.25, -0.2) is 4.39 Å². The van der Waals surface area contributed by atoms with E-state index in [1.54, 1.807) is 25.4 Å². The van der Waals surface area contributed by atoms with Crippen molar-refractivity contribution in [2.45, 2.75) is 38.2 Å². The van der Waals surface area contributed by atoms with E-state index in [9.17, 15) is 14.0 Å². The van der Waals surface area contributed by atoms with E-state index in [1.807, 2.05) is 85.8 Å². The number of aromatic nitrogens is 1. The smallest absolute Gasteiger partial charge is 0.255 e. The van der Waals surface area contributed by atoms with Gasteiger partial charge in [0.2, 0.25) is 0 Å². The summed E-state index contributed by atoms with van der Waals surface area (Å²) in [6.45, 7) is 2.32. The summed E-state index contributed by atoms with van der Waals surface area (Å²) in [7, 11) is 1.56. The number of ketones is 1. The first kappa shape index (κ1) is 30.1. The molecule has 0 aliphatic heterocycles. The second-order valence-corrected chi connectivity index (χ2v) is 12.1. The topological polar surface area (TPSA) is 81.4 Å². The van der Waals surface area contributed by atoms with Gasteiger partial charge in [0.15, 0.2) is 5.78 Å². The molecule has 0 bridgehead atoms. The Bertz CT molecular complexity index is 2100. The second-order valence-electron chi connectivity index (χ2n) is 12.1. The first-order valence-electron chi connectivity index (χ1n) is 15.7. The van der Waals surface area contributed by atoms with Gasteiger partial charge in [0, 0.05) is 47.3 Å². The van der Waals surface area contributed by atoms with Gasteiger partial charge in [0.1, 0.15) is 29.5 Å². The summed E-state index contributed by atoms with van der Waals surface area (Å²) in [6, 6.07) is 31.0. The molecular formula is C40H33FN2O4. The van der Waals surface area contributed by atoms with Crippen molar-refractivity contribution in [3.05, 3.63) is 143 Å². The molecule has 47 heavy (non-hydrogen) atoms. The minimum atomic E-state index is -0.378. The normalized spacial score (nSPS) is 13.3. The Kier molecular flexibility index (Phi) is 7.90. The van der Waals surface area contributed by atoms with E-state index < -0.39 is 0 Å². The predicted molar refractivity (Wildman–Crippen MR) is 180 cm³/mol. The Morgan fingerprint density at radius 2 is 1.66 bits per heavy atom. The molecule has 0 spiro atoms. The molecule has 234 valence electrons. The van der Waals surface area contributed by atoms with Gasteiger partial charge in [-0.2, -0.15) is 0 Å². The molecule has 1 aliphatic rings. The standard InChI is InChI=1S/C40H33FN2O4/c1-25-31(28-13-16-34-32(20-28)37(39(45)42-2)38(47-34)27-11-14-30(41)15-12-27)21-29(22-35(25)46-24-26-8-4-3-5-9-26)33(44)23-40(17-18-40)36-10-6-7-19-43-36/h3-16,19-22H,17-18,23-24H2,1-2H3,(H,42,45). The van der Waals surface area contributed by atoms with E-state index in [2.05, 4.69) is 10.3 Å². The summed E-state index contributed by atoms with van der Waals surface area (Å²) in [5, 5.41) is 3.32. The van der Waals surface area contributed by atoms with E-state index in [0.717, 1.165) is 40.8 Å². The molecule has 0 radical (unpaired) electrons. The van der Waals surface area contributed by atoms with Crippen molar-refractivity contribution in [2.24, 2.45) is 0 Å². The summed E-state index contributed by atoms with van der Waals surface area (Å²) >= 11 is 0. The van der Waals surface area contributed by atoms with Gasteiger partial charge in [-0.05, 0) is 103 Å². The number of hydrogen-bond donors (Lipinski definition) is 1. The fraction of sp³-hybridized carbons (Fsp3) is 0.175. The third-order valence-corrected chi connectivity index (χ3v) is 9.04. The monoisotopic (exact) mass is 624 g/mol. The number of carbonyl (C=O) groups is 2. The van der Waals surface area contributed by atoms with Gasteiger partial charge >= 0.3 is 0 Å². The molecule has 0 unspecified atom stereocenters. The molecule has 1 aliphatic carbocycles. The maximum atomic E-state index is 14.0. The average molecular weight is 625 g/mol. The lowest BCUT2D eigenvalue weighted by molar-refractivity contribution is 0.0958. The van der Waals surface area contributed by atoms with Crippen LogP contribution in [-0.2, 0) is 12.0 Å². The highest BCUT2D eigenvalue weighted by Gasteiger charge is 2.47. The van der Waals surface area contributed by atoms with E-state index in [4.69, 9.17) is 9.15 Å². The fourth-order valence-electron chi connectivity index (χ4n) is 6.21. The van der Waals surface area contributed by atoms with Crippen molar-refractivity contribution < 1.29 is 23.1 Å². The molecule has 6 nitrogen and oxygen atoms in total. The van der Waals surface area contributed by atoms with Crippen LogP contribution in [0.25, 0.3) is 33.4 Å². The quantitative estimate of drug-likeness (QED) is 0.154. The Balaban J connectivity index is 1.32. The van der Waals surface area contributed by atoms with Crippen molar-refractivity contribution in [2.75, 3.05) is 7.05 Å². The van der Waals surface area contributed by atoms with Gasteiger partial charge in [0.05, 0.1) is 5.56 Å². The van der Waals surface area contributed by atoms with Crippen molar-refractivity contribution in [3.8, 4) is 28.2 Å². The number of rotatable bonds is 10. The van der Waals surface area contributed by atoms with E-state index >= 15 is 0 Å². The molecule has 0 atom stereocenters. The van der Waals surface area contributed by atoms with Crippen LogP contribution in [0.3, 0.4) is 0 Å². The zero-order chi connectivity index (χ0) is 32.5. The highest BCUT2D eigenvalue weighted by molar-refractivity contribution is 6.12. The summed E-state index contributed by atoms with van der Waals surface area (Å²) in [6.07, 6.45) is 3.97. The summed E-state index contributed by atoms with van der Waals surface area (Å²) in [4.78, 5) is 31.8. The average Bonchev–Trinajstić information content (AvgIpc) is 3.79. The number of nitrogens with zero attached hydrogens (tertiary/aromatic N) is 1. The van der Waals surface area contributed by atoms with Crippen molar-refractivity contribution >= 4 is 22.7 Å². The van der Waals surface area contributed by atoms with E-state index in [0.29, 0.717) is 52.2 Å². The van der Waals surface area contributed by atoms with Gasteiger partial charge in [0.25, 0.3) is 5.91 Å². The molecule has 1 amide bonds. The van der Waals surface area contributed by atoms with Crippen LogP contribution in [0.4, 0.5) is 4.39 Å². The molecule has 1 fully saturated rings.